The van der Waals surface area contributed by atoms with Gasteiger partial charge in [0.25, 0.3) is 0 Å². The maximum atomic E-state index is 11.8. The summed E-state index contributed by atoms with van der Waals surface area (Å²) in [6, 6.07) is 11.5. The number of aliphatic imine (C=N–C) groups is 1. The van der Waals surface area contributed by atoms with Crippen molar-refractivity contribution in [3.8, 4) is 5.75 Å². The summed E-state index contributed by atoms with van der Waals surface area (Å²) in [5.41, 5.74) is 1.20. The highest BCUT2D eigenvalue weighted by Gasteiger charge is 2.03. The van der Waals surface area contributed by atoms with Gasteiger partial charge in [-0.1, -0.05) is 17.7 Å². The van der Waals surface area contributed by atoms with Crippen LogP contribution in [0.2, 0.25) is 0 Å². The summed E-state index contributed by atoms with van der Waals surface area (Å²) in [7, 11) is 0. The first kappa shape index (κ1) is 19.4. The molecule has 0 aliphatic rings. The summed E-state index contributed by atoms with van der Waals surface area (Å²) in [5.74, 6) is 1.94. The van der Waals surface area contributed by atoms with Gasteiger partial charge in [-0.2, -0.15) is 0 Å². The van der Waals surface area contributed by atoms with Crippen LogP contribution in [0, 0.1) is 6.92 Å². The van der Waals surface area contributed by atoms with E-state index in [9.17, 15) is 4.79 Å². The van der Waals surface area contributed by atoms with E-state index in [2.05, 4.69) is 20.9 Å². The number of carbonyl (C=O) groups is 1. The SMILES string of the molecule is CCNC(=NCC(=O)NCc1ccco1)NCCOc1ccc(C)cc1. The minimum atomic E-state index is -0.172. The van der Waals surface area contributed by atoms with Gasteiger partial charge in [-0.25, -0.2) is 4.99 Å². The number of rotatable bonds is 9. The molecule has 1 heterocycles. The van der Waals surface area contributed by atoms with E-state index < -0.39 is 0 Å². The Balaban J connectivity index is 1.69. The molecule has 1 aromatic carbocycles. The van der Waals surface area contributed by atoms with Gasteiger partial charge in [0.05, 0.1) is 19.4 Å². The Hall–Kier alpha value is -2.96. The molecule has 0 aliphatic heterocycles. The van der Waals surface area contributed by atoms with Gasteiger partial charge in [0.2, 0.25) is 5.91 Å². The minimum absolute atomic E-state index is 0.0366. The number of guanidine groups is 1. The van der Waals surface area contributed by atoms with Gasteiger partial charge < -0.3 is 25.1 Å². The molecule has 1 aromatic heterocycles. The summed E-state index contributed by atoms with van der Waals surface area (Å²) in [5, 5.41) is 9.00. The molecule has 2 rings (SSSR count). The third kappa shape index (κ3) is 7.29. The molecule has 0 unspecified atom stereocenters. The lowest BCUT2D eigenvalue weighted by molar-refractivity contribution is -0.119. The molecule has 0 spiro atoms. The van der Waals surface area contributed by atoms with E-state index in [1.165, 1.54) is 5.56 Å². The summed E-state index contributed by atoms with van der Waals surface area (Å²) in [6.45, 7) is 6.18. The van der Waals surface area contributed by atoms with Crippen LogP contribution in [0.4, 0.5) is 0 Å². The van der Waals surface area contributed by atoms with E-state index in [1.807, 2.05) is 44.2 Å². The summed E-state index contributed by atoms with van der Waals surface area (Å²) in [6.07, 6.45) is 1.57. The number of carbonyl (C=O) groups excluding carboxylic acids is 1. The highest BCUT2D eigenvalue weighted by molar-refractivity contribution is 5.84. The van der Waals surface area contributed by atoms with E-state index in [0.717, 1.165) is 5.75 Å². The third-order valence-electron chi connectivity index (χ3n) is 3.45. The number of nitrogens with zero attached hydrogens (tertiary/aromatic N) is 1. The van der Waals surface area contributed by atoms with Crippen LogP contribution in [0.3, 0.4) is 0 Å². The molecule has 0 radical (unpaired) electrons. The lowest BCUT2D eigenvalue weighted by Gasteiger charge is -2.12. The van der Waals surface area contributed by atoms with Crippen LogP contribution in [0.1, 0.15) is 18.2 Å². The number of ether oxygens (including phenoxy) is 1. The van der Waals surface area contributed by atoms with E-state index in [4.69, 9.17) is 9.15 Å². The van der Waals surface area contributed by atoms with Crippen molar-refractivity contribution < 1.29 is 13.9 Å². The highest BCUT2D eigenvalue weighted by atomic mass is 16.5. The van der Waals surface area contributed by atoms with E-state index in [0.29, 0.717) is 38.0 Å². The van der Waals surface area contributed by atoms with Crippen LogP contribution in [0.15, 0.2) is 52.1 Å². The number of benzene rings is 1. The number of hydrogen-bond donors (Lipinski definition) is 3. The molecule has 0 fully saturated rings. The van der Waals surface area contributed by atoms with Crippen LogP contribution in [-0.4, -0.2) is 38.1 Å². The van der Waals surface area contributed by atoms with Gasteiger partial charge in [0.1, 0.15) is 24.7 Å². The molecule has 140 valence electrons. The normalized spacial score (nSPS) is 11.1. The van der Waals surface area contributed by atoms with Gasteiger partial charge >= 0.3 is 0 Å². The maximum Gasteiger partial charge on any atom is 0.242 e. The van der Waals surface area contributed by atoms with Crippen LogP contribution < -0.4 is 20.7 Å². The average Bonchev–Trinajstić information content (AvgIpc) is 3.16. The first-order chi connectivity index (χ1) is 12.7. The van der Waals surface area contributed by atoms with Crippen LogP contribution >= 0.6 is 0 Å². The van der Waals surface area contributed by atoms with Crippen molar-refractivity contribution in [3.63, 3.8) is 0 Å². The fourth-order valence-corrected chi connectivity index (χ4v) is 2.12. The maximum absolute atomic E-state index is 11.8. The largest absolute Gasteiger partial charge is 0.492 e. The zero-order valence-corrected chi connectivity index (χ0v) is 15.2. The zero-order chi connectivity index (χ0) is 18.6. The molecular formula is C19H26N4O3. The summed E-state index contributed by atoms with van der Waals surface area (Å²) in [4.78, 5) is 16.1. The van der Waals surface area contributed by atoms with Crippen molar-refractivity contribution in [1.29, 1.82) is 0 Å². The monoisotopic (exact) mass is 358 g/mol. The lowest BCUT2D eigenvalue weighted by atomic mass is 10.2. The van der Waals surface area contributed by atoms with Crippen molar-refractivity contribution in [2.24, 2.45) is 4.99 Å². The molecule has 0 atom stereocenters. The first-order valence-electron chi connectivity index (χ1n) is 8.68. The molecule has 3 N–H and O–H groups in total. The van der Waals surface area contributed by atoms with Gasteiger partial charge in [-0.3, -0.25) is 4.79 Å². The summed E-state index contributed by atoms with van der Waals surface area (Å²) >= 11 is 0. The second-order valence-corrected chi connectivity index (χ2v) is 5.64. The van der Waals surface area contributed by atoms with Crippen molar-refractivity contribution in [1.82, 2.24) is 16.0 Å². The zero-order valence-electron chi connectivity index (χ0n) is 15.2. The van der Waals surface area contributed by atoms with Crippen LogP contribution in [0.5, 0.6) is 5.75 Å². The van der Waals surface area contributed by atoms with Crippen molar-refractivity contribution in [2.45, 2.75) is 20.4 Å². The Morgan fingerprint density at radius 3 is 2.65 bits per heavy atom. The number of hydrogen-bond acceptors (Lipinski definition) is 4. The molecule has 2 aromatic rings. The van der Waals surface area contributed by atoms with Crippen molar-refractivity contribution in [3.05, 3.63) is 54.0 Å². The van der Waals surface area contributed by atoms with Crippen LogP contribution in [-0.2, 0) is 11.3 Å². The first-order valence-corrected chi connectivity index (χ1v) is 8.68. The quantitative estimate of drug-likeness (QED) is 0.362. The topological polar surface area (TPSA) is 87.9 Å². The molecule has 0 saturated carbocycles. The van der Waals surface area contributed by atoms with Gasteiger partial charge in [-0.05, 0) is 38.1 Å². The molecular weight excluding hydrogens is 332 g/mol. The Morgan fingerprint density at radius 1 is 1.15 bits per heavy atom. The van der Waals surface area contributed by atoms with E-state index >= 15 is 0 Å². The molecule has 0 saturated heterocycles. The average molecular weight is 358 g/mol. The predicted molar refractivity (Wildman–Crippen MR) is 101 cm³/mol. The summed E-state index contributed by atoms with van der Waals surface area (Å²) < 4.78 is 10.8. The second-order valence-electron chi connectivity index (χ2n) is 5.64. The fraction of sp³-hybridized carbons (Fsp3) is 0.368. The number of aryl methyl sites for hydroxylation is 1. The number of furan rings is 1. The fourth-order valence-electron chi connectivity index (χ4n) is 2.12. The smallest absolute Gasteiger partial charge is 0.242 e. The number of nitrogens with one attached hydrogen (secondary N) is 3. The van der Waals surface area contributed by atoms with Gasteiger partial charge in [0, 0.05) is 6.54 Å². The molecule has 1 amide bonds. The molecule has 26 heavy (non-hydrogen) atoms. The van der Waals surface area contributed by atoms with Crippen molar-refractivity contribution in [2.75, 3.05) is 26.2 Å². The lowest BCUT2D eigenvalue weighted by Crippen LogP contribution is -2.40. The van der Waals surface area contributed by atoms with Crippen LogP contribution in [0.25, 0.3) is 0 Å². The number of amides is 1. The molecule has 0 bridgehead atoms. The predicted octanol–water partition coefficient (Wildman–Crippen LogP) is 1.84. The Morgan fingerprint density at radius 2 is 1.96 bits per heavy atom. The molecule has 7 heteroatoms. The Kier molecular flexibility index (Phi) is 8.05. The molecule has 7 nitrogen and oxygen atoms in total. The Labute approximate surface area is 153 Å². The van der Waals surface area contributed by atoms with Gasteiger partial charge in [-0.15, -0.1) is 0 Å². The van der Waals surface area contributed by atoms with Gasteiger partial charge in [0.15, 0.2) is 5.96 Å². The Bertz CT molecular complexity index is 681. The highest BCUT2D eigenvalue weighted by Crippen LogP contribution is 2.10. The second kappa shape index (κ2) is 10.8. The molecule has 0 aliphatic carbocycles. The van der Waals surface area contributed by atoms with Crippen molar-refractivity contribution >= 4 is 11.9 Å². The van der Waals surface area contributed by atoms with E-state index in [-0.39, 0.29) is 12.5 Å². The van der Waals surface area contributed by atoms with E-state index in [1.54, 1.807) is 12.3 Å². The standard InChI is InChI=1S/C19H26N4O3/c1-3-20-19(21-10-12-26-16-8-6-15(2)7-9-16)23-14-18(24)22-13-17-5-4-11-25-17/h4-9,11H,3,10,12-14H2,1-2H3,(H,22,24)(H2,20,21,23). The minimum Gasteiger partial charge on any atom is -0.492 e. The third-order valence-corrected chi connectivity index (χ3v) is 3.45.